The molecule has 1 aromatic rings. The van der Waals surface area contributed by atoms with Crippen molar-refractivity contribution in [3.8, 4) is 0 Å². The number of amides is 1. The number of anilines is 1. The highest BCUT2D eigenvalue weighted by molar-refractivity contribution is 5.93. The van der Waals surface area contributed by atoms with Crippen LogP contribution in [0.1, 0.15) is 38.7 Å². The molecule has 1 aromatic heterocycles. The lowest BCUT2D eigenvalue weighted by atomic mass is 9.91. The summed E-state index contributed by atoms with van der Waals surface area (Å²) in [6.07, 6.45) is 7.20. The number of aryl methyl sites for hydroxylation is 1. The summed E-state index contributed by atoms with van der Waals surface area (Å²) in [5.41, 5.74) is 1.95. The normalized spacial score (nSPS) is 23.1. The van der Waals surface area contributed by atoms with Crippen LogP contribution in [0.3, 0.4) is 0 Å². The van der Waals surface area contributed by atoms with Crippen molar-refractivity contribution in [1.82, 2.24) is 4.98 Å². The maximum Gasteiger partial charge on any atom is 0.230 e. The fourth-order valence-corrected chi connectivity index (χ4v) is 2.60. The van der Waals surface area contributed by atoms with Gasteiger partial charge >= 0.3 is 0 Å². The van der Waals surface area contributed by atoms with E-state index in [1.165, 1.54) is 0 Å². The molecule has 1 aliphatic heterocycles. The van der Waals surface area contributed by atoms with Crippen molar-refractivity contribution in [1.29, 1.82) is 0 Å². The summed E-state index contributed by atoms with van der Waals surface area (Å²) in [5.74, 6) is 0.0454. The molecular weight excluding hydrogens is 240 g/mol. The standard InChI is InChI=1S/C15H22N2O2/c1-3-11-10-16-8-7-13(11)17-15(18)12-6-5-9-19-14(12)4-2/h7-8,10,12,14H,3-6,9H2,1-2H3,(H,16,17,18). The van der Waals surface area contributed by atoms with E-state index in [0.29, 0.717) is 0 Å². The third kappa shape index (κ3) is 3.32. The highest BCUT2D eigenvalue weighted by Crippen LogP contribution is 2.25. The van der Waals surface area contributed by atoms with E-state index in [-0.39, 0.29) is 17.9 Å². The van der Waals surface area contributed by atoms with E-state index in [4.69, 9.17) is 4.74 Å². The molecule has 1 N–H and O–H groups in total. The first kappa shape index (κ1) is 14.0. The van der Waals surface area contributed by atoms with Gasteiger partial charge in [-0.2, -0.15) is 0 Å². The number of ether oxygens (including phenoxy) is 1. The van der Waals surface area contributed by atoms with Crippen molar-refractivity contribution in [2.75, 3.05) is 11.9 Å². The molecule has 19 heavy (non-hydrogen) atoms. The largest absolute Gasteiger partial charge is 0.377 e. The topological polar surface area (TPSA) is 51.2 Å². The fraction of sp³-hybridized carbons (Fsp3) is 0.600. The number of hydrogen-bond donors (Lipinski definition) is 1. The molecule has 1 saturated heterocycles. The van der Waals surface area contributed by atoms with Crippen molar-refractivity contribution in [3.63, 3.8) is 0 Å². The summed E-state index contributed by atoms with van der Waals surface area (Å²) in [7, 11) is 0. The number of pyridine rings is 1. The van der Waals surface area contributed by atoms with E-state index in [9.17, 15) is 4.79 Å². The molecule has 0 radical (unpaired) electrons. The number of rotatable bonds is 4. The van der Waals surface area contributed by atoms with Crippen molar-refractivity contribution in [2.24, 2.45) is 5.92 Å². The zero-order valence-corrected chi connectivity index (χ0v) is 11.7. The summed E-state index contributed by atoms with van der Waals surface area (Å²) in [4.78, 5) is 16.5. The second kappa shape index (κ2) is 6.66. The molecule has 0 bridgehead atoms. The van der Waals surface area contributed by atoms with Crippen LogP contribution in [0.4, 0.5) is 5.69 Å². The quantitative estimate of drug-likeness (QED) is 0.907. The lowest BCUT2D eigenvalue weighted by Gasteiger charge is -2.30. The van der Waals surface area contributed by atoms with Crippen LogP contribution in [0.5, 0.6) is 0 Å². The molecule has 1 aliphatic rings. The molecule has 0 saturated carbocycles. The highest BCUT2D eigenvalue weighted by atomic mass is 16.5. The van der Waals surface area contributed by atoms with Gasteiger partial charge in [-0.15, -0.1) is 0 Å². The summed E-state index contributed by atoms with van der Waals surface area (Å²) < 4.78 is 5.68. The Balaban J connectivity index is 2.07. The number of nitrogens with one attached hydrogen (secondary N) is 1. The van der Waals surface area contributed by atoms with Gasteiger partial charge < -0.3 is 10.1 Å². The zero-order chi connectivity index (χ0) is 13.7. The van der Waals surface area contributed by atoms with E-state index in [1.807, 2.05) is 12.3 Å². The van der Waals surface area contributed by atoms with E-state index in [1.54, 1.807) is 6.20 Å². The van der Waals surface area contributed by atoms with Gasteiger partial charge in [0.15, 0.2) is 0 Å². The fourth-order valence-electron chi connectivity index (χ4n) is 2.60. The van der Waals surface area contributed by atoms with Gasteiger partial charge in [0.05, 0.1) is 12.0 Å². The van der Waals surface area contributed by atoms with Crippen LogP contribution in [0.15, 0.2) is 18.5 Å². The molecule has 2 heterocycles. The molecule has 2 unspecified atom stereocenters. The first-order valence-corrected chi connectivity index (χ1v) is 7.11. The first-order valence-electron chi connectivity index (χ1n) is 7.11. The van der Waals surface area contributed by atoms with Gasteiger partial charge in [-0.1, -0.05) is 13.8 Å². The van der Waals surface area contributed by atoms with Crippen molar-refractivity contribution in [3.05, 3.63) is 24.0 Å². The van der Waals surface area contributed by atoms with Gasteiger partial charge in [-0.25, -0.2) is 0 Å². The van der Waals surface area contributed by atoms with Crippen LogP contribution < -0.4 is 5.32 Å². The first-order chi connectivity index (χ1) is 9.26. The number of hydrogen-bond acceptors (Lipinski definition) is 3. The van der Waals surface area contributed by atoms with Crippen LogP contribution in [-0.4, -0.2) is 23.6 Å². The molecule has 0 aromatic carbocycles. The van der Waals surface area contributed by atoms with Crippen LogP contribution >= 0.6 is 0 Å². The van der Waals surface area contributed by atoms with E-state index in [2.05, 4.69) is 24.1 Å². The highest BCUT2D eigenvalue weighted by Gasteiger charge is 2.30. The Kier molecular flexibility index (Phi) is 4.91. The third-order valence-electron chi connectivity index (χ3n) is 3.72. The van der Waals surface area contributed by atoms with Gasteiger partial charge in [0.2, 0.25) is 5.91 Å². The Labute approximate surface area is 114 Å². The summed E-state index contributed by atoms with van der Waals surface area (Å²) >= 11 is 0. The van der Waals surface area contributed by atoms with Gasteiger partial charge in [0.1, 0.15) is 0 Å². The van der Waals surface area contributed by atoms with Gasteiger partial charge in [0.25, 0.3) is 0 Å². The Morgan fingerprint density at radius 3 is 3.11 bits per heavy atom. The molecule has 1 amide bonds. The van der Waals surface area contributed by atoms with Gasteiger partial charge in [0, 0.05) is 24.7 Å². The smallest absolute Gasteiger partial charge is 0.230 e. The molecule has 4 heteroatoms. The van der Waals surface area contributed by atoms with Crippen molar-refractivity contribution in [2.45, 2.75) is 45.6 Å². The predicted molar refractivity (Wildman–Crippen MR) is 75.0 cm³/mol. The molecule has 0 aliphatic carbocycles. The number of carbonyl (C=O) groups is 1. The van der Waals surface area contributed by atoms with Crippen molar-refractivity contribution < 1.29 is 9.53 Å². The van der Waals surface area contributed by atoms with E-state index < -0.39 is 0 Å². The molecular formula is C15H22N2O2. The summed E-state index contributed by atoms with van der Waals surface area (Å²) in [5, 5.41) is 3.04. The number of nitrogens with zero attached hydrogens (tertiary/aromatic N) is 1. The minimum Gasteiger partial charge on any atom is -0.377 e. The minimum absolute atomic E-state index is 0.0309. The molecule has 2 rings (SSSR count). The van der Waals surface area contributed by atoms with Crippen LogP contribution in [0.25, 0.3) is 0 Å². The average Bonchev–Trinajstić information content (AvgIpc) is 2.47. The predicted octanol–water partition coefficient (Wildman–Crippen LogP) is 2.79. The Morgan fingerprint density at radius 1 is 1.53 bits per heavy atom. The maximum absolute atomic E-state index is 12.4. The lowest BCUT2D eigenvalue weighted by Crippen LogP contribution is -2.38. The second-order valence-electron chi connectivity index (χ2n) is 4.94. The van der Waals surface area contributed by atoms with E-state index >= 15 is 0 Å². The SMILES string of the molecule is CCc1cnccc1NC(=O)C1CCCOC1CC. The summed E-state index contributed by atoms with van der Waals surface area (Å²) in [6.45, 7) is 4.91. The monoisotopic (exact) mass is 262 g/mol. The molecule has 0 spiro atoms. The molecule has 1 fully saturated rings. The Hall–Kier alpha value is -1.42. The second-order valence-corrected chi connectivity index (χ2v) is 4.94. The Bertz CT molecular complexity index is 434. The Morgan fingerprint density at radius 2 is 2.37 bits per heavy atom. The van der Waals surface area contributed by atoms with Crippen LogP contribution in [0, 0.1) is 5.92 Å². The van der Waals surface area contributed by atoms with Crippen LogP contribution in [0.2, 0.25) is 0 Å². The minimum atomic E-state index is -0.0309. The van der Waals surface area contributed by atoms with Gasteiger partial charge in [-0.05, 0) is 37.3 Å². The van der Waals surface area contributed by atoms with E-state index in [0.717, 1.165) is 43.5 Å². The van der Waals surface area contributed by atoms with Gasteiger partial charge in [-0.3, -0.25) is 9.78 Å². The third-order valence-corrected chi connectivity index (χ3v) is 3.72. The summed E-state index contributed by atoms with van der Waals surface area (Å²) in [6, 6.07) is 1.86. The number of carbonyl (C=O) groups excluding carboxylic acids is 1. The zero-order valence-electron chi connectivity index (χ0n) is 11.7. The molecule has 104 valence electrons. The maximum atomic E-state index is 12.4. The van der Waals surface area contributed by atoms with Crippen molar-refractivity contribution >= 4 is 11.6 Å². The lowest BCUT2D eigenvalue weighted by molar-refractivity contribution is -0.129. The van der Waals surface area contributed by atoms with Crippen LogP contribution in [-0.2, 0) is 16.0 Å². The molecule has 4 nitrogen and oxygen atoms in total. The average molecular weight is 262 g/mol. The number of aromatic nitrogens is 1. The molecule has 2 atom stereocenters.